The molecule has 2 nitrogen and oxygen atoms in total. The van der Waals surface area contributed by atoms with Crippen molar-refractivity contribution in [3.05, 3.63) is 0 Å². The Morgan fingerprint density at radius 1 is 1.75 bits per heavy atom. The molecule has 8 heavy (non-hydrogen) atoms. The highest BCUT2D eigenvalue weighted by molar-refractivity contribution is 8.00. The summed E-state index contributed by atoms with van der Waals surface area (Å²) in [5.74, 6) is 2.92. The van der Waals surface area contributed by atoms with Crippen LogP contribution in [-0.2, 0) is 4.65 Å². The van der Waals surface area contributed by atoms with Crippen LogP contribution in [0.5, 0.6) is 0 Å². The van der Waals surface area contributed by atoms with Crippen LogP contribution in [0.2, 0.25) is 5.82 Å². The predicted octanol–water partition coefficient (Wildman–Crippen LogP) is 0.765. The average Bonchev–Trinajstić information content (AvgIpc) is 1.63. The molecule has 0 aromatic rings. The lowest BCUT2D eigenvalue weighted by Crippen LogP contribution is -2.19. The van der Waals surface area contributed by atoms with Crippen molar-refractivity contribution in [1.29, 1.82) is 5.41 Å². The fraction of sp³-hybridized carbons (Fsp3) is 0.750. The Morgan fingerprint density at radius 3 is 2.88 bits per heavy atom. The van der Waals surface area contributed by atoms with Gasteiger partial charge in [-0.3, -0.25) is 5.41 Å². The highest BCUT2D eigenvalue weighted by Gasteiger charge is 2.20. The SMILES string of the molecule is N=CO[B]C1CSC1. The van der Waals surface area contributed by atoms with E-state index in [4.69, 9.17) is 5.41 Å². The highest BCUT2D eigenvalue weighted by Crippen LogP contribution is 2.28. The standard InChI is InChI=1S/C4H7BNOS/c6-3-7-5-4-1-8-2-4/h3-4,6H,1-2H2. The van der Waals surface area contributed by atoms with E-state index in [1.54, 1.807) is 7.48 Å². The maximum Gasteiger partial charge on any atom is 0.376 e. The zero-order chi connectivity index (χ0) is 5.82. The van der Waals surface area contributed by atoms with Crippen LogP contribution in [0.15, 0.2) is 0 Å². The van der Waals surface area contributed by atoms with Crippen LogP contribution in [0, 0.1) is 5.41 Å². The van der Waals surface area contributed by atoms with Gasteiger partial charge in [0.1, 0.15) is 6.40 Å². The molecular weight excluding hydrogens is 121 g/mol. The first-order valence-corrected chi connectivity index (χ1v) is 3.64. The molecule has 1 rings (SSSR count). The second kappa shape index (κ2) is 3.02. The van der Waals surface area contributed by atoms with E-state index >= 15 is 0 Å². The quantitative estimate of drug-likeness (QED) is 0.346. The van der Waals surface area contributed by atoms with Crippen molar-refractivity contribution in [2.45, 2.75) is 5.82 Å². The van der Waals surface area contributed by atoms with Gasteiger partial charge >= 0.3 is 7.48 Å². The van der Waals surface area contributed by atoms with Crippen LogP contribution < -0.4 is 0 Å². The Balaban J connectivity index is 1.93. The summed E-state index contributed by atoms with van der Waals surface area (Å²) in [6.45, 7) is 0. The van der Waals surface area contributed by atoms with Crippen molar-refractivity contribution in [2.24, 2.45) is 0 Å². The molecule has 1 radical (unpaired) electrons. The van der Waals surface area contributed by atoms with Crippen LogP contribution in [0.1, 0.15) is 0 Å². The molecule has 1 N–H and O–H groups in total. The van der Waals surface area contributed by atoms with Crippen molar-refractivity contribution >= 4 is 25.6 Å². The summed E-state index contributed by atoms with van der Waals surface area (Å²) in [5.41, 5.74) is 0. The molecule has 0 amide bonds. The van der Waals surface area contributed by atoms with Crippen molar-refractivity contribution in [3.63, 3.8) is 0 Å². The lowest BCUT2D eigenvalue weighted by atomic mass is 9.83. The normalized spacial score (nSPS) is 19.0. The van der Waals surface area contributed by atoms with E-state index in [2.05, 4.69) is 4.65 Å². The predicted molar refractivity (Wildman–Crippen MR) is 36.7 cm³/mol. The summed E-state index contributed by atoms with van der Waals surface area (Å²) in [6, 6.07) is 0. The van der Waals surface area contributed by atoms with E-state index in [0.717, 1.165) is 17.9 Å². The van der Waals surface area contributed by atoms with Gasteiger partial charge in [-0.15, -0.1) is 0 Å². The molecule has 0 aromatic heterocycles. The van der Waals surface area contributed by atoms with E-state index in [-0.39, 0.29) is 0 Å². The first kappa shape index (κ1) is 6.01. The van der Waals surface area contributed by atoms with E-state index in [1.165, 1.54) is 0 Å². The number of hydrogen-bond donors (Lipinski definition) is 1. The molecule has 1 heterocycles. The maximum atomic E-state index is 6.51. The van der Waals surface area contributed by atoms with Crippen LogP contribution in [0.3, 0.4) is 0 Å². The van der Waals surface area contributed by atoms with E-state index in [0.29, 0.717) is 5.82 Å². The summed E-state index contributed by atoms with van der Waals surface area (Å²) >= 11 is 1.91. The van der Waals surface area contributed by atoms with Gasteiger partial charge in [-0.25, -0.2) is 0 Å². The Bertz CT molecular complexity index is 86.1. The molecule has 1 saturated heterocycles. The first-order valence-electron chi connectivity index (χ1n) is 2.49. The summed E-state index contributed by atoms with van der Waals surface area (Å²) in [6.07, 6.45) is 0.961. The first-order chi connectivity index (χ1) is 3.93. The lowest BCUT2D eigenvalue weighted by Gasteiger charge is -2.21. The highest BCUT2D eigenvalue weighted by atomic mass is 32.2. The van der Waals surface area contributed by atoms with Gasteiger partial charge < -0.3 is 4.65 Å². The Morgan fingerprint density at radius 2 is 2.50 bits per heavy atom. The Labute approximate surface area is 53.8 Å². The van der Waals surface area contributed by atoms with Gasteiger partial charge in [0.15, 0.2) is 0 Å². The third-order valence-electron chi connectivity index (χ3n) is 1.00. The topological polar surface area (TPSA) is 33.1 Å². The Kier molecular flexibility index (Phi) is 2.27. The van der Waals surface area contributed by atoms with Crippen LogP contribution >= 0.6 is 11.8 Å². The molecule has 4 heteroatoms. The van der Waals surface area contributed by atoms with E-state index < -0.39 is 0 Å². The minimum Gasteiger partial charge on any atom is -0.555 e. The lowest BCUT2D eigenvalue weighted by molar-refractivity contribution is 0.595. The van der Waals surface area contributed by atoms with Crippen molar-refractivity contribution in [3.8, 4) is 0 Å². The number of nitrogens with one attached hydrogen (secondary N) is 1. The zero-order valence-corrected chi connectivity index (χ0v) is 5.28. The molecule has 0 saturated carbocycles. The monoisotopic (exact) mass is 128 g/mol. The summed E-state index contributed by atoms with van der Waals surface area (Å²) < 4.78 is 4.64. The minimum absolute atomic E-state index is 0.599. The second-order valence-corrected chi connectivity index (χ2v) is 2.76. The molecule has 1 aliphatic heterocycles. The van der Waals surface area contributed by atoms with Gasteiger partial charge in [0, 0.05) is 0 Å². The summed E-state index contributed by atoms with van der Waals surface area (Å²) in [5, 5.41) is 6.51. The van der Waals surface area contributed by atoms with Crippen molar-refractivity contribution in [1.82, 2.24) is 0 Å². The van der Waals surface area contributed by atoms with Gasteiger partial charge in [-0.1, -0.05) is 0 Å². The molecule has 1 aliphatic rings. The maximum absolute atomic E-state index is 6.51. The molecule has 1 fully saturated rings. The van der Waals surface area contributed by atoms with Crippen LogP contribution in [-0.4, -0.2) is 25.4 Å². The van der Waals surface area contributed by atoms with Gasteiger partial charge in [-0.2, -0.15) is 11.8 Å². The van der Waals surface area contributed by atoms with Crippen LogP contribution in [0.4, 0.5) is 0 Å². The number of hydrogen-bond acceptors (Lipinski definition) is 3. The average molecular weight is 128 g/mol. The van der Waals surface area contributed by atoms with Gasteiger partial charge in [0.05, 0.1) is 0 Å². The van der Waals surface area contributed by atoms with Gasteiger partial charge in [0.2, 0.25) is 0 Å². The zero-order valence-electron chi connectivity index (χ0n) is 4.46. The summed E-state index contributed by atoms with van der Waals surface area (Å²) in [4.78, 5) is 0. The third kappa shape index (κ3) is 1.44. The number of thioether (sulfide) groups is 1. The van der Waals surface area contributed by atoms with Gasteiger partial charge in [0.25, 0.3) is 0 Å². The Hall–Kier alpha value is -0.115. The second-order valence-electron chi connectivity index (χ2n) is 1.69. The third-order valence-corrected chi connectivity index (χ3v) is 2.33. The minimum atomic E-state index is 0.599. The molecular formula is C4H7BNOS. The molecule has 0 spiro atoms. The molecule has 0 atom stereocenters. The van der Waals surface area contributed by atoms with Crippen molar-refractivity contribution in [2.75, 3.05) is 11.5 Å². The molecule has 0 aliphatic carbocycles. The van der Waals surface area contributed by atoms with Gasteiger partial charge in [-0.05, 0) is 17.3 Å². The van der Waals surface area contributed by atoms with Crippen LogP contribution in [0.25, 0.3) is 0 Å². The smallest absolute Gasteiger partial charge is 0.376 e. The molecule has 0 aromatic carbocycles. The molecule has 0 unspecified atom stereocenters. The number of rotatable bonds is 3. The van der Waals surface area contributed by atoms with E-state index in [1.807, 2.05) is 11.8 Å². The fourth-order valence-corrected chi connectivity index (χ4v) is 1.15. The molecule has 0 bridgehead atoms. The van der Waals surface area contributed by atoms with Crippen molar-refractivity contribution < 1.29 is 4.65 Å². The summed E-state index contributed by atoms with van der Waals surface area (Å²) in [7, 11) is 1.73. The fourth-order valence-electron chi connectivity index (χ4n) is 0.483. The van der Waals surface area contributed by atoms with E-state index in [9.17, 15) is 0 Å². The largest absolute Gasteiger partial charge is 0.555 e. The molecule has 43 valence electrons.